The molecule has 4 nitrogen and oxygen atoms in total. The van der Waals surface area contributed by atoms with Crippen molar-refractivity contribution in [3.63, 3.8) is 0 Å². The molecule has 0 fully saturated rings. The number of benzene rings is 1. The maximum absolute atomic E-state index is 9.23. The molecule has 1 aromatic heterocycles. The summed E-state index contributed by atoms with van der Waals surface area (Å²) in [7, 11) is 0. The summed E-state index contributed by atoms with van der Waals surface area (Å²) in [6, 6.07) is 5.19. The van der Waals surface area contributed by atoms with Gasteiger partial charge in [0.15, 0.2) is 6.39 Å². The van der Waals surface area contributed by atoms with Crippen LogP contribution >= 0.6 is 0 Å². The molecule has 0 amide bonds. The van der Waals surface area contributed by atoms with Crippen LogP contribution in [0, 0.1) is 6.92 Å². The molecule has 0 bridgehead atoms. The van der Waals surface area contributed by atoms with E-state index >= 15 is 0 Å². The Morgan fingerprint density at radius 1 is 1.47 bits per heavy atom. The fourth-order valence-corrected chi connectivity index (χ4v) is 1.36. The summed E-state index contributed by atoms with van der Waals surface area (Å²) in [5.41, 5.74) is 1.97. The minimum atomic E-state index is 0.276. The van der Waals surface area contributed by atoms with Gasteiger partial charge in [-0.3, -0.25) is 0 Å². The second kappa shape index (κ2) is 4.04. The van der Waals surface area contributed by atoms with Gasteiger partial charge in [0.05, 0.1) is 12.7 Å². The molecule has 0 radical (unpaired) electrons. The molecule has 0 saturated carbocycles. The van der Waals surface area contributed by atoms with Crippen LogP contribution in [0.1, 0.15) is 11.3 Å². The summed E-state index contributed by atoms with van der Waals surface area (Å²) in [5.74, 6) is 1.06. The van der Waals surface area contributed by atoms with Crippen LogP contribution in [0.15, 0.2) is 35.2 Å². The van der Waals surface area contributed by atoms with E-state index in [0.29, 0.717) is 6.54 Å². The lowest BCUT2D eigenvalue weighted by atomic mass is 10.2. The van der Waals surface area contributed by atoms with Gasteiger partial charge in [-0.05, 0) is 30.7 Å². The van der Waals surface area contributed by atoms with E-state index < -0.39 is 0 Å². The number of aryl methyl sites for hydroxylation is 1. The Kier molecular flexibility index (Phi) is 2.58. The van der Waals surface area contributed by atoms with E-state index in [1.165, 1.54) is 6.39 Å². The monoisotopic (exact) mass is 204 g/mol. The first kappa shape index (κ1) is 9.58. The first-order valence-corrected chi connectivity index (χ1v) is 4.66. The highest BCUT2D eigenvalue weighted by atomic mass is 16.3. The summed E-state index contributed by atoms with van der Waals surface area (Å²) in [6.07, 6.45) is 3.07. The molecule has 0 aliphatic rings. The molecule has 0 atom stereocenters. The van der Waals surface area contributed by atoms with Gasteiger partial charge in [0.2, 0.25) is 0 Å². The van der Waals surface area contributed by atoms with Crippen molar-refractivity contribution in [2.45, 2.75) is 13.5 Å². The van der Waals surface area contributed by atoms with Crippen LogP contribution < -0.4 is 5.32 Å². The molecule has 1 heterocycles. The fraction of sp³-hybridized carbons (Fsp3) is 0.182. The number of hydrogen-bond donors (Lipinski definition) is 2. The molecule has 2 N–H and O–H groups in total. The van der Waals surface area contributed by atoms with Gasteiger partial charge in [-0.15, -0.1) is 0 Å². The fourth-order valence-electron chi connectivity index (χ4n) is 1.36. The van der Waals surface area contributed by atoms with Gasteiger partial charge in [0, 0.05) is 5.69 Å². The molecule has 15 heavy (non-hydrogen) atoms. The number of anilines is 1. The van der Waals surface area contributed by atoms with Crippen LogP contribution in [0.4, 0.5) is 5.69 Å². The van der Waals surface area contributed by atoms with E-state index in [4.69, 9.17) is 4.42 Å². The molecule has 2 rings (SSSR count). The van der Waals surface area contributed by atoms with Crippen molar-refractivity contribution in [3.8, 4) is 5.75 Å². The van der Waals surface area contributed by atoms with Crippen molar-refractivity contribution < 1.29 is 9.52 Å². The highest BCUT2D eigenvalue weighted by molar-refractivity contribution is 5.53. The zero-order chi connectivity index (χ0) is 10.7. The summed E-state index contributed by atoms with van der Waals surface area (Å²) in [5, 5.41) is 12.4. The number of nitrogens with one attached hydrogen (secondary N) is 1. The minimum Gasteiger partial charge on any atom is -0.508 e. The van der Waals surface area contributed by atoms with E-state index in [1.54, 1.807) is 18.3 Å². The molecule has 0 unspecified atom stereocenters. The second-order valence-electron chi connectivity index (χ2n) is 3.32. The zero-order valence-corrected chi connectivity index (χ0v) is 8.40. The quantitative estimate of drug-likeness (QED) is 0.753. The Morgan fingerprint density at radius 3 is 3.00 bits per heavy atom. The average molecular weight is 204 g/mol. The largest absolute Gasteiger partial charge is 0.508 e. The van der Waals surface area contributed by atoms with Crippen molar-refractivity contribution >= 4 is 5.69 Å². The van der Waals surface area contributed by atoms with E-state index in [-0.39, 0.29) is 5.75 Å². The second-order valence-corrected chi connectivity index (χ2v) is 3.32. The number of rotatable bonds is 3. The third kappa shape index (κ3) is 2.28. The van der Waals surface area contributed by atoms with Gasteiger partial charge in [0.25, 0.3) is 0 Å². The lowest BCUT2D eigenvalue weighted by Gasteiger charge is -2.07. The average Bonchev–Trinajstić information content (AvgIpc) is 2.69. The van der Waals surface area contributed by atoms with E-state index in [9.17, 15) is 5.11 Å². The van der Waals surface area contributed by atoms with E-state index in [2.05, 4.69) is 10.3 Å². The number of phenols is 1. The van der Waals surface area contributed by atoms with Gasteiger partial charge in [-0.2, -0.15) is 0 Å². The molecule has 78 valence electrons. The predicted molar refractivity (Wildman–Crippen MR) is 56.7 cm³/mol. The number of aromatic hydroxyl groups is 1. The van der Waals surface area contributed by atoms with Crippen LogP contribution in [0.25, 0.3) is 0 Å². The van der Waals surface area contributed by atoms with Gasteiger partial charge in [-0.1, -0.05) is 0 Å². The van der Waals surface area contributed by atoms with Crippen LogP contribution in [0.2, 0.25) is 0 Å². The summed E-state index contributed by atoms with van der Waals surface area (Å²) >= 11 is 0. The molecule has 1 aromatic carbocycles. The van der Waals surface area contributed by atoms with Crippen molar-refractivity contribution in [3.05, 3.63) is 42.1 Å². The van der Waals surface area contributed by atoms with Gasteiger partial charge >= 0.3 is 0 Å². The standard InChI is InChI=1S/C11H12N2O2/c1-8-4-9(14)2-3-11(8)13-6-10-5-12-7-15-10/h2-5,7,13-14H,6H2,1H3. The normalized spacial score (nSPS) is 10.2. The third-order valence-corrected chi connectivity index (χ3v) is 2.15. The number of oxazole rings is 1. The Balaban J connectivity index is 2.05. The van der Waals surface area contributed by atoms with Crippen molar-refractivity contribution in [1.29, 1.82) is 0 Å². The molecule has 2 aromatic rings. The SMILES string of the molecule is Cc1cc(O)ccc1NCc1cnco1. The summed E-state index contributed by atoms with van der Waals surface area (Å²) in [4.78, 5) is 3.82. The lowest BCUT2D eigenvalue weighted by molar-refractivity contribution is 0.475. The highest BCUT2D eigenvalue weighted by Gasteiger charge is 2.00. The van der Waals surface area contributed by atoms with Gasteiger partial charge in [-0.25, -0.2) is 4.98 Å². The Hall–Kier alpha value is -1.97. The third-order valence-electron chi connectivity index (χ3n) is 2.15. The van der Waals surface area contributed by atoms with Gasteiger partial charge in [0.1, 0.15) is 11.5 Å². The Morgan fingerprint density at radius 2 is 2.33 bits per heavy atom. The Bertz CT molecular complexity index is 438. The number of phenolic OH excluding ortho intramolecular Hbond substituents is 1. The molecule has 0 aliphatic heterocycles. The number of aromatic nitrogens is 1. The van der Waals surface area contributed by atoms with Crippen LogP contribution in [0.5, 0.6) is 5.75 Å². The molecule has 4 heteroatoms. The summed E-state index contributed by atoms with van der Waals surface area (Å²) < 4.78 is 5.10. The summed E-state index contributed by atoms with van der Waals surface area (Å²) in [6.45, 7) is 2.52. The highest BCUT2D eigenvalue weighted by Crippen LogP contribution is 2.20. The topological polar surface area (TPSA) is 58.3 Å². The van der Waals surface area contributed by atoms with E-state index in [0.717, 1.165) is 17.0 Å². The number of hydrogen-bond acceptors (Lipinski definition) is 4. The van der Waals surface area contributed by atoms with Gasteiger partial charge < -0.3 is 14.8 Å². The van der Waals surface area contributed by atoms with Crippen molar-refractivity contribution in [2.75, 3.05) is 5.32 Å². The predicted octanol–water partition coefficient (Wildman–Crippen LogP) is 2.30. The van der Waals surface area contributed by atoms with Crippen molar-refractivity contribution in [1.82, 2.24) is 4.98 Å². The van der Waals surface area contributed by atoms with Crippen LogP contribution in [-0.2, 0) is 6.54 Å². The molecule has 0 aliphatic carbocycles. The van der Waals surface area contributed by atoms with Crippen LogP contribution in [0.3, 0.4) is 0 Å². The maximum atomic E-state index is 9.23. The molecular formula is C11H12N2O2. The molecule has 0 spiro atoms. The van der Waals surface area contributed by atoms with Crippen molar-refractivity contribution in [2.24, 2.45) is 0 Å². The maximum Gasteiger partial charge on any atom is 0.180 e. The first-order chi connectivity index (χ1) is 7.25. The van der Waals surface area contributed by atoms with Crippen LogP contribution in [-0.4, -0.2) is 10.1 Å². The zero-order valence-electron chi connectivity index (χ0n) is 8.40. The Labute approximate surface area is 87.6 Å². The van der Waals surface area contributed by atoms with E-state index in [1.807, 2.05) is 13.0 Å². The first-order valence-electron chi connectivity index (χ1n) is 4.66. The molecule has 0 saturated heterocycles. The molecular weight excluding hydrogens is 192 g/mol. The number of nitrogens with zero attached hydrogens (tertiary/aromatic N) is 1. The lowest BCUT2D eigenvalue weighted by Crippen LogP contribution is -1.99. The smallest absolute Gasteiger partial charge is 0.180 e. The minimum absolute atomic E-state index is 0.276.